The molecule has 0 aliphatic heterocycles. The largest absolute Gasteiger partial charge is 0.378 e. The highest BCUT2D eigenvalue weighted by Crippen LogP contribution is 2.16. The minimum atomic E-state index is -0.286. The highest BCUT2D eigenvalue weighted by molar-refractivity contribution is 6.02. The zero-order chi connectivity index (χ0) is 14.5. The first kappa shape index (κ1) is 14.0. The molecule has 20 heavy (non-hydrogen) atoms. The molecule has 0 atom stereocenters. The molecule has 0 saturated carbocycles. The van der Waals surface area contributed by atoms with Crippen molar-refractivity contribution in [2.24, 2.45) is 5.73 Å². The van der Waals surface area contributed by atoms with E-state index in [9.17, 15) is 4.79 Å². The molecule has 7 heteroatoms. The van der Waals surface area contributed by atoms with E-state index in [0.29, 0.717) is 18.8 Å². The smallest absolute Gasteiger partial charge is 0.277 e. The molecule has 0 fully saturated rings. The third-order valence-corrected chi connectivity index (χ3v) is 2.77. The van der Waals surface area contributed by atoms with Crippen LogP contribution in [0.4, 0.5) is 11.4 Å². The van der Waals surface area contributed by atoms with Crippen molar-refractivity contribution in [3.63, 3.8) is 0 Å². The Kier molecular flexibility index (Phi) is 4.31. The van der Waals surface area contributed by atoms with Crippen LogP contribution in [0.15, 0.2) is 30.5 Å². The first-order valence-electron chi connectivity index (χ1n) is 6.29. The van der Waals surface area contributed by atoms with Crippen LogP contribution in [-0.2, 0) is 6.54 Å². The molecule has 106 valence electrons. The third kappa shape index (κ3) is 3.33. The summed E-state index contributed by atoms with van der Waals surface area (Å²) in [5.41, 5.74) is 7.47. The van der Waals surface area contributed by atoms with Crippen LogP contribution in [0, 0.1) is 0 Å². The fourth-order valence-corrected chi connectivity index (χ4v) is 1.68. The van der Waals surface area contributed by atoms with Crippen LogP contribution in [-0.4, -0.2) is 41.5 Å². The maximum absolute atomic E-state index is 12.0. The molecule has 0 aliphatic rings. The molecule has 7 nitrogen and oxygen atoms in total. The Balaban J connectivity index is 2.03. The minimum Gasteiger partial charge on any atom is -0.378 e. The molecule has 1 aromatic heterocycles. The summed E-state index contributed by atoms with van der Waals surface area (Å²) >= 11 is 0. The van der Waals surface area contributed by atoms with Crippen molar-refractivity contribution in [1.29, 1.82) is 0 Å². The van der Waals surface area contributed by atoms with Crippen molar-refractivity contribution in [2.75, 3.05) is 30.9 Å². The van der Waals surface area contributed by atoms with Gasteiger partial charge in [0.25, 0.3) is 5.91 Å². The highest BCUT2D eigenvalue weighted by atomic mass is 16.2. The summed E-state index contributed by atoms with van der Waals surface area (Å²) in [7, 11) is 3.92. The molecule has 0 saturated heterocycles. The van der Waals surface area contributed by atoms with Crippen molar-refractivity contribution in [2.45, 2.75) is 6.54 Å². The second kappa shape index (κ2) is 6.16. The maximum Gasteiger partial charge on any atom is 0.277 e. The minimum absolute atomic E-state index is 0.273. The molecule has 0 aliphatic carbocycles. The topological polar surface area (TPSA) is 89.1 Å². The number of benzene rings is 1. The SMILES string of the molecule is CN(C)c1ccc(NC(=O)c2cn(CCN)nn2)cc1. The fraction of sp³-hybridized carbons (Fsp3) is 0.308. The lowest BCUT2D eigenvalue weighted by molar-refractivity contribution is 0.102. The van der Waals surface area contributed by atoms with E-state index in [1.165, 1.54) is 0 Å². The summed E-state index contributed by atoms with van der Waals surface area (Å²) in [6.45, 7) is 0.994. The summed E-state index contributed by atoms with van der Waals surface area (Å²) in [4.78, 5) is 14.0. The Bertz CT molecular complexity index is 575. The predicted octanol–water partition coefficient (Wildman–Crippen LogP) is 0.555. The van der Waals surface area contributed by atoms with Gasteiger partial charge in [-0.1, -0.05) is 5.21 Å². The summed E-state index contributed by atoms with van der Waals surface area (Å²) in [5, 5.41) is 10.4. The Morgan fingerprint density at radius 2 is 2.05 bits per heavy atom. The molecule has 1 amide bonds. The van der Waals surface area contributed by atoms with E-state index in [1.54, 1.807) is 10.9 Å². The summed E-state index contributed by atoms with van der Waals surface area (Å²) in [5.74, 6) is -0.286. The second-order valence-electron chi connectivity index (χ2n) is 4.55. The fourth-order valence-electron chi connectivity index (χ4n) is 1.68. The maximum atomic E-state index is 12.0. The molecule has 1 aromatic carbocycles. The number of rotatable bonds is 5. The number of nitrogens with two attached hydrogens (primary N) is 1. The molecule has 0 radical (unpaired) electrons. The number of carbonyl (C=O) groups excluding carboxylic acids is 1. The van der Waals surface area contributed by atoms with E-state index in [1.807, 2.05) is 43.3 Å². The second-order valence-corrected chi connectivity index (χ2v) is 4.55. The van der Waals surface area contributed by atoms with Gasteiger partial charge in [0.15, 0.2) is 5.69 Å². The molecule has 0 unspecified atom stereocenters. The van der Waals surface area contributed by atoms with Crippen LogP contribution in [0.25, 0.3) is 0 Å². The normalized spacial score (nSPS) is 10.3. The van der Waals surface area contributed by atoms with Crippen molar-refractivity contribution in [3.05, 3.63) is 36.2 Å². The van der Waals surface area contributed by atoms with Crippen LogP contribution in [0.2, 0.25) is 0 Å². The van der Waals surface area contributed by atoms with E-state index in [-0.39, 0.29) is 11.6 Å². The molecule has 0 spiro atoms. The van der Waals surface area contributed by atoms with Gasteiger partial charge < -0.3 is 16.0 Å². The van der Waals surface area contributed by atoms with Gasteiger partial charge in [-0.2, -0.15) is 0 Å². The molecular formula is C13H18N6O. The van der Waals surface area contributed by atoms with E-state index < -0.39 is 0 Å². The third-order valence-electron chi connectivity index (χ3n) is 2.77. The number of hydrogen-bond donors (Lipinski definition) is 2. The van der Waals surface area contributed by atoms with Gasteiger partial charge in [-0.25, -0.2) is 0 Å². The van der Waals surface area contributed by atoms with Crippen molar-refractivity contribution < 1.29 is 4.79 Å². The highest BCUT2D eigenvalue weighted by Gasteiger charge is 2.10. The number of nitrogens with zero attached hydrogens (tertiary/aromatic N) is 4. The number of amides is 1. The van der Waals surface area contributed by atoms with E-state index in [2.05, 4.69) is 15.6 Å². The molecular weight excluding hydrogens is 256 g/mol. The Morgan fingerprint density at radius 3 is 2.65 bits per heavy atom. The van der Waals surface area contributed by atoms with Crippen LogP contribution in [0.5, 0.6) is 0 Å². The molecule has 0 bridgehead atoms. The Morgan fingerprint density at radius 1 is 1.35 bits per heavy atom. The van der Waals surface area contributed by atoms with Crippen molar-refractivity contribution >= 4 is 17.3 Å². The molecule has 2 aromatic rings. The lowest BCUT2D eigenvalue weighted by Crippen LogP contribution is -2.13. The van der Waals surface area contributed by atoms with E-state index in [4.69, 9.17) is 5.73 Å². The quantitative estimate of drug-likeness (QED) is 0.831. The average molecular weight is 274 g/mol. The number of carbonyl (C=O) groups is 1. The first-order chi connectivity index (χ1) is 9.60. The van der Waals surface area contributed by atoms with Crippen LogP contribution < -0.4 is 16.0 Å². The van der Waals surface area contributed by atoms with Crippen molar-refractivity contribution in [3.8, 4) is 0 Å². The van der Waals surface area contributed by atoms with Crippen LogP contribution >= 0.6 is 0 Å². The molecule has 1 heterocycles. The van der Waals surface area contributed by atoms with Gasteiger partial charge in [0.1, 0.15) is 0 Å². The monoisotopic (exact) mass is 274 g/mol. The molecule has 2 rings (SSSR count). The van der Waals surface area contributed by atoms with E-state index >= 15 is 0 Å². The lowest BCUT2D eigenvalue weighted by Gasteiger charge is -2.12. The van der Waals surface area contributed by atoms with Crippen LogP contribution in [0.3, 0.4) is 0 Å². The van der Waals surface area contributed by atoms with Gasteiger partial charge in [0.05, 0.1) is 12.7 Å². The van der Waals surface area contributed by atoms with Gasteiger partial charge in [-0.05, 0) is 24.3 Å². The first-order valence-corrected chi connectivity index (χ1v) is 6.29. The Labute approximate surface area is 117 Å². The number of hydrogen-bond acceptors (Lipinski definition) is 5. The summed E-state index contributed by atoms with van der Waals surface area (Å²) in [6, 6.07) is 7.55. The number of aromatic nitrogens is 3. The standard InChI is InChI=1S/C13H18N6O/c1-18(2)11-5-3-10(4-6-11)15-13(20)12-9-19(8-7-14)17-16-12/h3-6,9H,7-8,14H2,1-2H3,(H,15,20). The van der Waals surface area contributed by atoms with Gasteiger partial charge in [0, 0.05) is 32.0 Å². The molecule has 3 N–H and O–H groups in total. The van der Waals surface area contributed by atoms with Crippen LogP contribution in [0.1, 0.15) is 10.5 Å². The summed E-state index contributed by atoms with van der Waals surface area (Å²) < 4.78 is 1.55. The lowest BCUT2D eigenvalue weighted by atomic mass is 10.2. The Hall–Kier alpha value is -2.41. The van der Waals surface area contributed by atoms with Gasteiger partial charge in [-0.3, -0.25) is 9.48 Å². The average Bonchev–Trinajstić information content (AvgIpc) is 2.88. The predicted molar refractivity (Wildman–Crippen MR) is 77.8 cm³/mol. The number of nitrogens with one attached hydrogen (secondary N) is 1. The summed E-state index contributed by atoms with van der Waals surface area (Å²) in [6.07, 6.45) is 1.58. The number of anilines is 2. The van der Waals surface area contributed by atoms with Gasteiger partial charge >= 0.3 is 0 Å². The van der Waals surface area contributed by atoms with Gasteiger partial charge in [0.2, 0.25) is 0 Å². The van der Waals surface area contributed by atoms with Gasteiger partial charge in [-0.15, -0.1) is 5.10 Å². The zero-order valence-electron chi connectivity index (χ0n) is 11.6. The van der Waals surface area contributed by atoms with E-state index in [0.717, 1.165) is 5.69 Å². The zero-order valence-corrected chi connectivity index (χ0v) is 11.6. The van der Waals surface area contributed by atoms with Crippen molar-refractivity contribution in [1.82, 2.24) is 15.0 Å².